The Kier molecular flexibility index (Phi) is 6.44. The summed E-state index contributed by atoms with van der Waals surface area (Å²) in [5, 5.41) is 3.48. The van der Waals surface area contributed by atoms with E-state index in [-0.39, 0.29) is 10.8 Å². The van der Waals surface area contributed by atoms with Crippen molar-refractivity contribution in [2.75, 3.05) is 6.54 Å². The van der Waals surface area contributed by atoms with Gasteiger partial charge < -0.3 is 5.32 Å². The summed E-state index contributed by atoms with van der Waals surface area (Å²) in [5.74, 6) is -0.250. The average molecular weight is 395 g/mol. The van der Waals surface area contributed by atoms with Crippen molar-refractivity contribution in [1.82, 2.24) is 10.0 Å². The molecular formula is C19H23ClN2O3S. The minimum absolute atomic E-state index is 0.128. The monoisotopic (exact) mass is 394 g/mol. The van der Waals surface area contributed by atoms with Crippen LogP contribution in [0.4, 0.5) is 0 Å². The predicted molar refractivity (Wildman–Crippen MR) is 104 cm³/mol. The Labute approximate surface area is 159 Å². The van der Waals surface area contributed by atoms with E-state index in [1.54, 1.807) is 26.8 Å². The van der Waals surface area contributed by atoms with Gasteiger partial charge in [-0.15, -0.1) is 0 Å². The lowest BCUT2D eigenvalue weighted by molar-refractivity contribution is 0.0954. The van der Waals surface area contributed by atoms with E-state index in [4.69, 9.17) is 11.6 Å². The molecule has 0 aliphatic carbocycles. The number of benzene rings is 2. The summed E-state index contributed by atoms with van der Waals surface area (Å²) in [4.78, 5) is 12.3. The smallest absolute Gasteiger partial charge is 0.251 e. The maximum absolute atomic E-state index is 12.3. The minimum atomic E-state index is -3.61. The summed E-state index contributed by atoms with van der Waals surface area (Å²) in [5.41, 5.74) is 0.869. The van der Waals surface area contributed by atoms with Crippen LogP contribution in [0.1, 0.15) is 36.7 Å². The summed E-state index contributed by atoms with van der Waals surface area (Å²) in [6.45, 7) is 5.77. The Morgan fingerprint density at radius 2 is 1.73 bits per heavy atom. The van der Waals surface area contributed by atoms with Crippen LogP contribution in [-0.4, -0.2) is 26.4 Å². The average Bonchev–Trinajstić information content (AvgIpc) is 2.53. The SMILES string of the molecule is CC(C)(C)NS(=O)(=O)c1ccc(C(=O)NCCc2cccc(Cl)c2)cc1. The van der Waals surface area contributed by atoms with Gasteiger partial charge in [-0.05, 0) is 69.2 Å². The third kappa shape index (κ3) is 6.12. The molecule has 140 valence electrons. The van der Waals surface area contributed by atoms with Crippen molar-refractivity contribution >= 4 is 27.5 Å². The Morgan fingerprint density at radius 3 is 2.31 bits per heavy atom. The number of amides is 1. The minimum Gasteiger partial charge on any atom is -0.352 e. The Balaban J connectivity index is 1.96. The quantitative estimate of drug-likeness (QED) is 0.788. The van der Waals surface area contributed by atoms with Gasteiger partial charge in [0.15, 0.2) is 0 Å². The van der Waals surface area contributed by atoms with Gasteiger partial charge >= 0.3 is 0 Å². The van der Waals surface area contributed by atoms with Crippen LogP contribution < -0.4 is 10.0 Å². The first-order chi connectivity index (χ1) is 12.1. The number of hydrogen-bond donors (Lipinski definition) is 2. The largest absolute Gasteiger partial charge is 0.352 e. The number of hydrogen-bond acceptors (Lipinski definition) is 3. The Morgan fingerprint density at radius 1 is 1.08 bits per heavy atom. The topological polar surface area (TPSA) is 75.3 Å². The fourth-order valence-corrected chi connectivity index (χ4v) is 3.99. The van der Waals surface area contributed by atoms with Crippen molar-refractivity contribution in [3.63, 3.8) is 0 Å². The summed E-state index contributed by atoms with van der Waals surface area (Å²) < 4.78 is 27.1. The lowest BCUT2D eigenvalue weighted by Crippen LogP contribution is -2.40. The molecule has 26 heavy (non-hydrogen) atoms. The lowest BCUT2D eigenvalue weighted by atomic mass is 10.1. The molecule has 0 spiro atoms. The van der Waals surface area contributed by atoms with Crippen LogP contribution in [-0.2, 0) is 16.4 Å². The zero-order valence-electron chi connectivity index (χ0n) is 15.0. The van der Waals surface area contributed by atoms with Gasteiger partial charge in [0.05, 0.1) is 4.90 Å². The Bertz CT molecular complexity index is 872. The molecule has 0 unspecified atom stereocenters. The first-order valence-corrected chi connectivity index (χ1v) is 10.1. The van der Waals surface area contributed by atoms with Gasteiger partial charge in [0, 0.05) is 22.7 Å². The standard InChI is InChI=1S/C19H23ClN2O3S/c1-19(2,3)22-26(24,25)17-9-7-15(8-10-17)18(23)21-12-11-14-5-4-6-16(20)13-14/h4-10,13,22H,11-12H2,1-3H3,(H,21,23). The van der Waals surface area contributed by atoms with E-state index in [2.05, 4.69) is 10.0 Å². The van der Waals surface area contributed by atoms with Crippen molar-refractivity contribution in [2.24, 2.45) is 0 Å². The van der Waals surface area contributed by atoms with Crippen molar-refractivity contribution in [2.45, 2.75) is 37.6 Å². The number of halogens is 1. The van der Waals surface area contributed by atoms with Crippen LogP contribution in [0, 0.1) is 0 Å². The molecule has 0 aromatic heterocycles. The van der Waals surface area contributed by atoms with E-state index in [1.165, 1.54) is 24.3 Å². The molecule has 0 saturated carbocycles. The highest BCUT2D eigenvalue weighted by Gasteiger charge is 2.22. The van der Waals surface area contributed by atoms with Crippen LogP contribution in [0.25, 0.3) is 0 Å². The zero-order chi connectivity index (χ0) is 19.4. The Hall–Kier alpha value is -1.89. The fraction of sp³-hybridized carbons (Fsp3) is 0.316. The van der Waals surface area contributed by atoms with E-state index in [1.807, 2.05) is 18.2 Å². The molecular weight excluding hydrogens is 372 g/mol. The molecule has 1 amide bonds. The second-order valence-corrected chi connectivity index (χ2v) is 9.13. The highest BCUT2D eigenvalue weighted by Crippen LogP contribution is 2.14. The van der Waals surface area contributed by atoms with Gasteiger partial charge in [-0.25, -0.2) is 13.1 Å². The first kappa shape index (κ1) is 20.4. The number of carbonyl (C=O) groups excluding carboxylic acids is 1. The van der Waals surface area contributed by atoms with Gasteiger partial charge in [-0.1, -0.05) is 23.7 Å². The molecule has 0 atom stereocenters. The first-order valence-electron chi connectivity index (χ1n) is 8.23. The van der Waals surface area contributed by atoms with Crippen LogP contribution in [0.3, 0.4) is 0 Å². The van der Waals surface area contributed by atoms with E-state index in [0.29, 0.717) is 23.6 Å². The molecule has 7 heteroatoms. The lowest BCUT2D eigenvalue weighted by Gasteiger charge is -2.20. The maximum atomic E-state index is 12.3. The highest BCUT2D eigenvalue weighted by atomic mass is 35.5. The molecule has 0 saturated heterocycles. The maximum Gasteiger partial charge on any atom is 0.251 e. The van der Waals surface area contributed by atoms with E-state index >= 15 is 0 Å². The van der Waals surface area contributed by atoms with Crippen LogP contribution in [0.5, 0.6) is 0 Å². The van der Waals surface area contributed by atoms with Gasteiger partial charge in [0.25, 0.3) is 5.91 Å². The molecule has 0 bridgehead atoms. The molecule has 0 aliphatic rings. The third-order valence-electron chi connectivity index (χ3n) is 3.46. The second-order valence-electron chi connectivity index (χ2n) is 7.02. The van der Waals surface area contributed by atoms with Gasteiger partial charge in [0.1, 0.15) is 0 Å². The fourth-order valence-electron chi connectivity index (χ4n) is 2.36. The molecule has 2 N–H and O–H groups in total. The molecule has 5 nitrogen and oxygen atoms in total. The van der Waals surface area contributed by atoms with Crippen LogP contribution in [0.2, 0.25) is 5.02 Å². The van der Waals surface area contributed by atoms with Crippen LogP contribution in [0.15, 0.2) is 53.4 Å². The predicted octanol–water partition coefficient (Wildman–Crippen LogP) is 3.39. The number of carbonyl (C=O) groups is 1. The van der Waals surface area contributed by atoms with Crippen molar-refractivity contribution < 1.29 is 13.2 Å². The number of nitrogens with one attached hydrogen (secondary N) is 2. The summed E-state index contributed by atoms with van der Waals surface area (Å²) >= 11 is 5.93. The van der Waals surface area contributed by atoms with E-state index in [0.717, 1.165) is 5.56 Å². The number of sulfonamides is 1. The molecule has 0 radical (unpaired) electrons. The van der Waals surface area contributed by atoms with Gasteiger partial charge in [-0.3, -0.25) is 4.79 Å². The van der Waals surface area contributed by atoms with Crippen LogP contribution >= 0.6 is 11.6 Å². The summed E-state index contributed by atoms with van der Waals surface area (Å²) in [6, 6.07) is 13.3. The molecule has 0 fully saturated rings. The molecule has 2 rings (SSSR count). The summed E-state index contributed by atoms with van der Waals surface area (Å²) in [6.07, 6.45) is 0.661. The van der Waals surface area contributed by atoms with Crippen molar-refractivity contribution in [3.05, 3.63) is 64.7 Å². The normalized spacial score (nSPS) is 12.0. The summed E-state index contributed by atoms with van der Waals surface area (Å²) in [7, 11) is -3.61. The van der Waals surface area contributed by atoms with E-state index < -0.39 is 15.6 Å². The van der Waals surface area contributed by atoms with Crippen molar-refractivity contribution in [3.8, 4) is 0 Å². The molecule has 0 aliphatic heterocycles. The molecule has 2 aromatic carbocycles. The highest BCUT2D eigenvalue weighted by molar-refractivity contribution is 7.89. The third-order valence-corrected chi connectivity index (χ3v) is 5.46. The molecule has 0 heterocycles. The number of rotatable bonds is 6. The van der Waals surface area contributed by atoms with Gasteiger partial charge in [0.2, 0.25) is 10.0 Å². The molecule has 2 aromatic rings. The second kappa shape index (κ2) is 8.20. The van der Waals surface area contributed by atoms with Crippen molar-refractivity contribution in [1.29, 1.82) is 0 Å². The van der Waals surface area contributed by atoms with E-state index in [9.17, 15) is 13.2 Å². The zero-order valence-corrected chi connectivity index (χ0v) is 16.6. The van der Waals surface area contributed by atoms with Gasteiger partial charge in [-0.2, -0.15) is 0 Å².